The molecule has 2 heterocycles. The normalized spacial score (nSPS) is 23.2. The number of anilines is 1. The maximum atomic E-state index is 12.7. The molecule has 122 valence electrons. The van der Waals surface area contributed by atoms with Crippen molar-refractivity contribution >= 4 is 34.6 Å². The Balaban J connectivity index is 2.14. The van der Waals surface area contributed by atoms with Crippen LogP contribution < -0.4 is 16.5 Å². The molecule has 0 radical (unpaired) electrons. The van der Waals surface area contributed by atoms with E-state index in [0.717, 1.165) is 0 Å². The highest BCUT2D eigenvalue weighted by atomic mass is 32.2. The SMILES string of the molecule is CC1(C)SC(c2c(N)oc3ccc(O)cc3c2=O)NC1C(=O)O. The van der Waals surface area contributed by atoms with E-state index in [2.05, 4.69) is 5.32 Å². The van der Waals surface area contributed by atoms with E-state index in [1.807, 2.05) is 0 Å². The van der Waals surface area contributed by atoms with Gasteiger partial charge in [-0.15, -0.1) is 11.8 Å². The largest absolute Gasteiger partial charge is 0.508 e. The predicted octanol–water partition coefficient (Wildman–Crippen LogP) is 1.65. The Bertz CT molecular complexity index is 861. The number of carboxylic acid groups (broad SMARTS) is 1. The van der Waals surface area contributed by atoms with E-state index >= 15 is 0 Å². The van der Waals surface area contributed by atoms with Gasteiger partial charge in [-0.25, -0.2) is 0 Å². The van der Waals surface area contributed by atoms with Gasteiger partial charge in [0.1, 0.15) is 17.4 Å². The van der Waals surface area contributed by atoms with Crippen LogP contribution >= 0.6 is 11.8 Å². The fourth-order valence-electron chi connectivity index (χ4n) is 2.73. The van der Waals surface area contributed by atoms with Crippen molar-refractivity contribution in [2.24, 2.45) is 0 Å². The van der Waals surface area contributed by atoms with E-state index in [-0.39, 0.29) is 33.6 Å². The topological polar surface area (TPSA) is 126 Å². The van der Waals surface area contributed by atoms with E-state index < -0.39 is 22.1 Å². The van der Waals surface area contributed by atoms with Gasteiger partial charge in [0.2, 0.25) is 11.3 Å². The fraction of sp³-hybridized carbons (Fsp3) is 0.333. The second kappa shape index (κ2) is 5.17. The van der Waals surface area contributed by atoms with Crippen LogP contribution in [0.5, 0.6) is 5.75 Å². The van der Waals surface area contributed by atoms with E-state index in [0.29, 0.717) is 0 Å². The number of phenols is 1. The molecule has 0 bridgehead atoms. The Kier molecular flexibility index (Phi) is 3.53. The monoisotopic (exact) mass is 336 g/mol. The van der Waals surface area contributed by atoms with Gasteiger partial charge in [0.15, 0.2) is 0 Å². The highest BCUT2D eigenvalue weighted by Gasteiger charge is 2.47. The minimum absolute atomic E-state index is 0.0555. The lowest BCUT2D eigenvalue weighted by molar-refractivity contribution is -0.139. The zero-order valence-corrected chi connectivity index (χ0v) is 13.3. The Labute approximate surface area is 135 Å². The molecule has 5 N–H and O–H groups in total. The lowest BCUT2D eigenvalue weighted by Crippen LogP contribution is -2.44. The maximum absolute atomic E-state index is 12.7. The highest BCUT2D eigenvalue weighted by molar-refractivity contribution is 8.01. The van der Waals surface area contributed by atoms with Crippen LogP contribution in [0.2, 0.25) is 0 Å². The van der Waals surface area contributed by atoms with E-state index in [1.54, 1.807) is 13.8 Å². The lowest BCUT2D eigenvalue weighted by Gasteiger charge is -2.20. The van der Waals surface area contributed by atoms with Crippen LogP contribution in [0.15, 0.2) is 27.4 Å². The summed E-state index contributed by atoms with van der Waals surface area (Å²) in [4.78, 5) is 24.1. The van der Waals surface area contributed by atoms with Crippen molar-refractivity contribution in [1.29, 1.82) is 0 Å². The molecular formula is C15H16N2O5S. The summed E-state index contributed by atoms with van der Waals surface area (Å²) in [5, 5.41) is 21.4. The lowest BCUT2D eigenvalue weighted by atomic mass is 10.0. The summed E-state index contributed by atoms with van der Waals surface area (Å²) >= 11 is 1.30. The molecule has 1 aromatic carbocycles. The van der Waals surface area contributed by atoms with E-state index in [9.17, 15) is 19.8 Å². The first-order valence-electron chi connectivity index (χ1n) is 6.92. The minimum Gasteiger partial charge on any atom is -0.508 e. The molecule has 23 heavy (non-hydrogen) atoms. The maximum Gasteiger partial charge on any atom is 0.322 e. The average molecular weight is 336 g/mol. The summed E-state index contributed by atoms with van der Waals surface area (Å²) in [5.74, 6) is -1.11. The third-order valence-electron chi connectivity index (χ3n) is 3.88. The second-order valence-electron chi connectivity index (χ2n) is 5.93. The van der Waals surface area contributed by atoms with Gasteiger partial charge < -0.3 is 20.4 Å². The number of benzene rings is 1. The molecule has 1 fully saturated rings. The number of hydrogen-bond donors (Lipinski definition) is 4. The van der Waals surface area contributed by atoms with Gasteiger partial charge in [0, 0.05) is 4.75 Å². The number of nitrogens with one attached hydrogen (secondary N) is 1. The van der Waals surface area contributed by atoms with Gasteiger partial charge in [-0.3, -0.25) is 14.9 Å². The van der Waals surface area contributed by atoms with Crippen LogP contribution in [0.4, 0.5) is 5.88 Å². The Hall–Kier alpha value is -2.19. The number of carboxylic acids is 1. The summed E-state index contributed by atoms with van der Waals surface area (Å²) in [6.45, 7) is 3.57. The standard InChI is InChI=1S/C15H16N2O5S/c1-15(2)11(14(20)21)17-13(23-15)9-10(19)7-5-6(18)3-4-8(7)22-12(9)16/h3-5,11,13,17-18H,16H2,1-2H3,(H,20,21). The number of aromatic hydroxyl groups is 1. The van der Waals surface area contributed by atoms with Crippen molar-refractivity contribution in [1.82, 2.24) is 5.32 Å². The molecule has 1 aromatic heterocycles. The van der Waals surface area contributed by atoms with Crippen LogP contribution in [0.3, 0.4) is 0 Å². The molecule has 7 nitrogen and oxygen atoms in total. The first-order valence-corrected chi connectivity index (χ1v) is 7.80. The zero-order chi connectivity index (χ0) is 16.9. The third-order valence-corrected chi connectivity index (χ3v) is 5.33. The number of hydrogen-bond acceptors (Lipinski definition) is 7. The molecule has 1 aliphatic heterocycles. The van der Waals surface area contributed by atoms with Gasteiger partial charge >= 0.3 is 5.97 Å². The Morgan fingerprint density at radius 2 is 2.13 bits per heavy atom. The van der Waals surface area contributed by atoms with Gasteiger partial charge in [-0.1, -0.05) is 0 Å². The van der Waals surface area contributed by atoms with Crippen molar-refractivity contribution in [2.45, 2.75) is 30.0 Å². The summed E-state index contributed by atoms with van der Waals surface area (Å²) in [7, 11) is 0. The smallest absolute Gasteiger partial charge is 0.322 e. The van der Waals surface area contributed by atoms with Crippen molar-refractivity contribution < 1.29 is 19.4 Å². The van der Waals surface area contributed by atoms with E-state index in [4.69, 9.17) is 10.2 Å². The average Bonchev–Trinajstić information content (AvgIpc) is 2.75. The first-order chi connectivity index (χ1) is 10.7. The van der Waals surface area contributed by atoms with Crippen LogP contribution in [0.1, 0.15) is 24.8 Å². The molecule has 0 spiro atoms. The van der Waals surface area contributed by atoms with Gasteiger partial charge in [0.05, 0.1) is 16.3 Å². The van der Waals surface area contributed by atoms with Crippen LogP contribution in [-0.2, 0) is 4.79 Å². The van der Waals surface area contributed by atoms with Crippen LogP contribution in [-0.4, -0.2) is 27.0 Å². The van der Waals surface area contributed by atoms with E-state index in [1.165, 1.54) is 30.0 Å². The predicted molar refractivity (Wildman–Crippen MR) is 87.5 cm³/mol. The molecule has 1 saturated heterocycles. The van der Waals surface area contributed by atoms with Gasteiger partial charge in [-0.05, 0) is 32.0 Å². The molecule has 3 rings (SSSR count). The number of carbonyl (C=O) groups is 1. The van der Waals surface area contributed by atoms with Crippen molar-refractivity contribution in [3.05, 3.63) is 34.0 Å². The molecule has 0 saturated carbocycles. The summed E-state index contributed by atoms with van der Waals surface area (Å²) in [6.07, 6.45) is 0. The molecular weight excluding hydrogens is 320 g/mol. The van der Waals surface area contributed by atoms with Crippen molar-refractivity contribution in [2.75, 3.05) is 5.73 Å². The van der Waals surface area contributed by atoms with Crippen LogP contribution in [0.25, 0.3) is 11.0 Å². The third kappa shape index (κ3) is 2.53. The summed E-state index contributed by atoms with van der Waals surface area (Å²) in [5.41, 5.74) is 5.94. The number of aliphatic carboxylic acids is 1. The van der Waals surface area contributed by atoms with Crippen molar-refractivity contribution in [3.63, 3.8) is 0 Å². The highest BCUT2D eigenvalue weighted by Crippen LogP contribution is 2.46. The first kappa shape index (κ1) is 15.7. The minimum atomic E-state index is -0.994. The van der Waals surface area contributed by atoms with Crippen molar-refractivity contribution in [3.8, 4) is 5.75 Å². The fourth-order valence-corrected chi connectivity index (χ4v) is 4.19. The molecule has 2 aromatic rings. The number of rotatable bonds is 2. The number of phenolic OH excluding ortho intramolecular Hbond substituents is 1. The van der Waals surface area contributed by atoms with Gasteiger partial charge in [-0.2, -0.15) is 0 Å². The second-order valence-corrected chi connectivity index (χ2v) is 7.69. The quantitative estimate of drug-likeness (QED) is 0.652. The summed E-state index contributed by atoms with van der Waals surface area (Å²) in [6, 6.07) is 3.35. The zero-order valence-electron chi connectivity index (χ0n) is 12.5. The summed E-state index contributed by atoms with van der Waals surface area (Å²) < 4.78 is 4.85. The van der Waals surface area contributed by atoms with Crippen LogP contribution in [0, 0.1) is 0 Å². The molecule has 2 atom stereocenters. The molecule has 8 heteroatoms. The molecule has 1 aliphatic rings. The number of fused-ring (bicyclic) bond motifs is 1. The molecule has 0 aliphatic carbocycles. The Morgan fingerprint density at radius 3 is 2.74 bits per heavy atom. The number of thioether (sulfide) groups is 1. The Morgan fingerprint density at radius 1 is 1.43 bits per heavy atom. The number of nitrogen functional groups attached to an aromatic ring is 1. The molecule has 2 unspecified atom stereocenters. The number of nitrogens with two attached hydrogens (primary N) is 1. The molecule has 0 amide bonds. The van der Waals surface area contributed by atoms with Gasteiger partial charge in [0.25, 0.3) is 0 Å².